The molecule has 0 bridgehead atoms. The van der Waals surface area contributed by atoms with Crippen LogP contribution in [-0.4, -0.2) is 8.07 Å². The minimum absolute atomic E-state index is 0.0801. The second-order valence-corrected chi connectivity index (χ2v) is 9.70. The van der Waals surface area contributed by atoms with E-state index in [1.165, 1.54) is 6.07 Å². The van der Waals surface area contributed by atoms with Gasteiger partial charge in [0.2, 0.25) is 0 Å². The van der Waals surface area contributed by atoms with Crippen molar-refractivity contribution >= 4 is 29.2 Å². The van der Waals surface area contributed by atoms with Crippen LogP contribution in [0.1, 0.15) is 0 Å². The molecule has 1 aromatic carbocycles. The zero-order valence-corrected chi connectivity index (χ0v) is 10.1. The lowest BCUT2D eigenvalue weighted by Crippen LogP contribution is -2.40. The van der Waals surface area contributed by atoms with E-state index in [0.717, 1.165) is 9.66 Å². The summed E-state index contributed by atoms with van der Waals surface area (Å²) >= 11 is 3.38. The Morgan fingerprint density at radius 2 is 1.83 bits per heavy atom. The SMILES string of the molecule is C[Si](C)(C)c1c(F)cccc1Br. The maximum absolute atomic E-state index is 13.4. The lowest BCUT2D eigenvalue weighted by Gasteiger charge is -2.18. The zero-order valence-electron chi connectivity index (χ0n) is 7.49. The van der Waals surface area contributed by atoms with Crippen LogP contribution in [0, 0.1) is 5.82 Å². The minimum Gasteiger partial charge on any atom is -0.207 e. The molecule has 0 amide bonds. The van der Waals surface area contributed by atoms with E-state index in [9.17, 15) is 4.39 Å². The highest BCUT2D eigenvalue weighted by Crippen LogP contribution is 2.15. The molecular weight excluding hydrogens is 235 g/mol. The Bertz CT molecular complexity index is 271. The largest absolute Gasteiger partial charge is 0.207 e. The average molecular weight is 247 g/mol. The summed E-state index contributed by atoms with van der Waals surface area (Å²) in [6, 6.07) is 5.15. The lowest BCUT2D eigenvalue weighted by atomic mass is 10.3. The second-order valence-electron chi connectivity index (χ2n) is 3.85. The van der Waals surface area contributed by atoms with E-state index < -0.39 is 8.07 Å². The van der Waals surface area contributed by atoms with E-state index in [0.29, 0.717) is 0 Å². The predicted molar refractivity (Wildman–Crippen MR) is 57.1 cm³/mol. The van der Waals surface area contributed by atoms with E-state index in [4.69, 9.17) is 0 Å². The Morgan fingerprint density at radius 1 is 1.25 bits per heavy atom. The summed E-state index contributed by atoms with van der Waals surface area (Å²) in [6.07, 6.45) is 0. The van der Waals surface area contributed by atoms with E-state index >= 15 is 0 Å². The van der Waals surface area contributed by atoms with Gasteiger partial charge in [-0.15, -0.1) is 0 Å². The van der Waals surface area contributed by atoms with Gasteiger partial charge < -0.3 is 0 Å². The summed E-state index contributed by atoms with van der Waals surface area (Å²) in [6.45, 7) is 6.41. The van der Waals surface area contributed by atoms with Crippen molar-refractivity contribution in [2.75, 3.05) is 0 Å². The molecule has 0 heterocycles. The van der Waals surface area contributed by atoms with E-state index in [1.54, 1.807) is 6.07 Å². The summed E-state index contributed by atoms with van der Waals surface area (Å²) in [5, 5.41) is 0.880. The van der Waals surface area contributed by atoms with Gasteiger partial charge in [-0.1, -0.05) is 41.6 Å². The van der Waals surface area contributed by atoms with Gasteiger partial charge in [-0.3, -0.25) is 0 Å². The quantitative estimate of drug-likeness (QED) is 0.669. The van der Waals surface area contributed by atoms with Crippen molar-refractivity contribution in [2.45, 2.75) is 19.6 Å². The van der Waals surface area contributed by atoms with Crippen molar-refractivity contribution in [2.24, 2.45) is 0 Å². The maximum Gasteiger partial charge on any atom is 0.123 e. The fraction of sp³-hybridized carbons (Fsp3) is 0.333. The first kappa shape index (κ1) is 9.93. The number of halogens is 2. The molecule has 1 aromatic rings. The van der Waals surface area contributed by atoms with Gasteiger partial charge in [-0.2, -0.15) is 0 Å². The molecule has 0 aliphatic rings. The van der Waals surface area contributed by atoms with Gasteiger partial charge in [0.25, 0.3) is 0 Å². The molecule has 66 valence electrons. The van der Waals surface area contributed by atoms with Crippen molar-refractivity contribution in [1.82, 2.24) is 0 Å². The fourth-order valence-corrected chi connectivity index (χ4v) is 4.94. The molecule has 0 spiro atoms. The number of rotatable bonds is 1. The molecule has 0 unspecified atom stereocenters. The van der Waals surface area contributed by atoms with Crippen molar-refractivity contribution in [3.8, 4) is 0 Å². The van der Waals surface area contributed by atoms with Gasteiger partial charge in [0, 0.05) is 4.47 Å². The van der Waals surface area contributed by atoms with Gasteiger partial charge in [-0.25, -0.2) is 4.39 Å². The molecule has 3 heteroatoms. The molecule has 0 aliphatic carbocycles. The summed E-state index contributed by atoms with van der Waals surface area (Å²) in [7, 11) is -1.54. The molecular formula is C9H12BrFSi. The average Bonchev–Trinajstić information content (AvgIpc) is 1.82. The van der Waals surface area contributed by atoms with Gasteiger partial charge >= 0.3 is 0 Å². The lowest BCUT2D eigenvalue weighted by molar-refractivity contribution is 0.634. The molecule has 0 N–H and O–H groups in total. The third-order valence-corrected chi connectivity index (χ3v) is 4.75. The number of hydrogen-bond acceptors (Lipinski definition) is 0. The van der Waals surface area contributed by atoms with Crippen molar-refractivity contribution < 1.29 is 4.39 Å². The van der Waals surface area contributed by atoms with Gasteiger partial charge in [0.1, 0.15) is 5.82 Å². The molecule has 0 nitrogen and oxygen atoms in total. The Labute approximate surface area is 81.9 Å². The van der Waals surface area contributed by atoms with Crippen LogP contribution in [0.4, 0.5) is 4.39 Å². The summed E-state index contributed by atoms with van der Waals surface area (Å²) in [5.74, 6) is -0.0801. The van der Waals surface area contributed by atoms with Crippen LogP contribution < -0.4 is 5.19 Å². The Kier molecular flexibility index (Phi) is 2.73. The zero-order chi connectivity index (χ0) is 9.35. The third-order valence-electron chi connectivity index (χ3n) is 1.71. The van der Waals surface area contributed by atoms with Gasteiger partial charge in [-0.05, 0) is 17.3 Å². The third kappa shape index (κ3) is 1.96. The Balaban J connectivity index is 3.31. The molecule has 0 atom stereocenters. The van der Waals surface area contributed by atoms with Crippen LogP contribution in [0.3, 0.4) is 0 Å². The molecule has 0 aliphatic heterocycles. The van der Waals surface area contributed by atoms with Crippen LogP contribution >= 0.6 is 15.9 Å². The Hall–Kier alpha value is -0.153. The molecule has 12 heavy (non-hydrogen) atoms. The normalized spacial score (nSPS) is 11.8. The van der Waals surface area contributed by atoms with Crippen molar-refractivity contribution in [3.63, 3.8) is 0 Å². The topological polar surface area (TPSA) is 0 Å². The summed E-state index contributed by atoms with van der Waals surface area (Å²) < 4.78 is 14.3. The van der Waals surface area contributed by atoms with Gasteiger partial charge in [0.15, 0.2) is 0 Å². The van der Waals surface area contributed by atoms with E-state index in [2.05, 4.69) is 35.6 Å². The van der Waals surface area contributed by atoms with Crippen LogP contribution in [0.5, 0.6) is 0 Å². The maximum atomic E-state index is 13.4. The minimum atomic E-state index is -1.54. The van der Waals surface area contributed by atoms with Crippen LogP contribution in [0.2, 0.25) is 19.6 Å². The molecule has 1 rings (SSSR count). The first-order chi connectivity index (χ1) is 5.43. The highest BCUT2D eigenvalue weighted by Gasteiger charge is 2.22. The molecule has 0 aromatic heterocycles. The van der Waals surface area contributed by atoms with Gasteiger partial charge in [0.05, 0.1) is 8.07 Å². The fourth-order valence-electron chi connectivity index (χ4n) is 1.21. The molecule has 0 saturated carbocycles. The molecule has 0 fully saturated rings. The predicted octanol–water partition coefficient (Wildman–Crippen LogP) is 3.13. The van der Waals surface area contributed by atoms with E-state index in [-0.39, 0.29) is 5.82 Å². The monoisotopic (exact) mass is 246 g/mol. The highest BCUT2D eigenvalue weighted by atomic mass is 79.9. The van der Waals surface area contributed by atoms with Crippen molar-refractivity contribution in [1.29, 1.82) is 0 Å². The van der Waals surface area contributed by atoms with Crippen molar-refractivity contribution in [3.05, 3.63) is 28.5 Å². The second kappa shape index (κ2) is 3.30. The summed E-state index contributed by atoms with van der Waals surface area (Å²) in [5.41, 5.74) is 0. The van der Waals surface area contributed by atoms with Crippen LogP contribution in [-0.2, 0) is 0 Å². The van der Waals surface area contributed by atoms with Crippen LogP contribution in [0.15, 0.2) is 22.7 Å². The smallest absolute Gasteiger partial charge is 0.123 e. The number of hydrogen-bond donors (Lipinski definition) is 0. The first-order valence-electron chi connectivity index (χ1n) is 3.87. The van der Waals surface area contributed by atoms with Crippen LogP contribution in [0.25, 0.3) is 0 Å². The molecule has 0 saturated heterocycles. The first-order valence-corrected chi connectivity index (χ1v) is 8.16. The highest BCUT2D eigenvalue weighted by molar-refractivity contribution is 9.10. The Morgan fingerprint density at radius 3 is 2.17 bits per heavy atom. The van der Waals surface area contributed by atoms with E-state index in [1.807, 2.05) is 6.07 Å². The standard InChI is InChI=1S/C9H12BrFSi/c1-12(2,3)9-7(10)5-4-6-8(9)11/h4-6H,1-3H3. The molecule has 0 radical (unpaired) electrons. The summed E-state index contributed by atoms with van der Waals surface area (Å²) in [4.78, 5) is 0. The number of benzene rings is 1.